The molecule has 0 spiro atoms. The molecule has 0 aromatic rings. The standard InChI is InChI=1S/C10H18N2O2/c1-8(4-5-13)6-12-9(14)10(2,3)7-11/h8,13H,4-6H2,1-3H3,(H,12,14). The van der Waals surface area contributed by atoms with Gasteiger partial charge in [-0.3, -0.25) is 4.79 Å². The van der Waals surface area contributed by atoms with Crippen molar-refractivity contribution in [1.29, 1.82) is 5.26 Å². The molecule has 0 aliphatic carbocycles. The summed E-state index contributed by atoms with van der Waals surface area (Å²) in [4.78, 5) is 11.4. The monoisotopic (exact) mass is 198 g/mol. The van der Waals surface area contributed by atoms with Gasteiger partial charge in [-0.25, -0.2) is 0 Å². The summed E-state index contributed by atoms with van der Waals surface area (Å²) in [5, 5.41) is 20.0. The van der Waals surface area contributed by atoms with Crippen molar-refractivity contribution in [2.45, 2.75) is 27.2 Å². The summed E-state index contributed by atoms with van der Waals surface area (Å²) in [6.45, 7) is 5.73. The largest absolute Gasteiger partial charge is 0.396 e. The van der Waals surface area contributed by atoms with Crippen LogP contribution in [0.4, 0.5) is 0 Å². The number of aliphatic hydroxyl groups is 1. The third kappa shape index (κ3) is 4.24. The van der Waals surface area contributed by atoms with Crippen LogP contribution in [0.15, 0.2) is 0 Å². The van der Waals surface area contributed by atoms with Crippen LogP contribution in [0.3, 0.4) is 0 Å². The van der Waals surface area contributed by atoms with Gasteiger partial charge in [-0.2, -0.15) is 5.26 Å². The van der Waals surface area contributed by atoms with E-state index in [0.717, 1.165) is 0 Å². The lowest BCUT2D eigenvalue weighted by molar-refractivity contribution is -0.127. The molecule has 80 valence electrons. The molecular formula is C10H18N2O2. The van der Waals surface area contributed by atoms with Crippen molar-refractivity contribution in [1.82, 2.24) is 5.32 Å². The van der Waals surface area contributed by atoms with E-state index in [4.69, 9.17) is 10.4 Å². The Morgan fingerprint density at radius 3 is 2.64 bits per heavy atom. The molecule has 0 aliphatic rings. The fraction of sp³-hybridized carbons (Fsp3) is 0.800. The molecule has 0 aromatic carbocycles. The molecule has 1 atom stereocenters. The summed E-state index contributed by atoms with van der Waals surface area (Å²) in [5.41, 5.74) is -0.973. The Hall–Kier alpha value is -1.08. The van der Waals surface area contributed by atoms with E-state index in [-0.39, 0.29) is 18.4 Å². The summed E-state index contributed by atoms with van der Waals surface area (Å²) in [6.07, 6.45) is 0.660. The van der Waals surface area contributed by atoms with Gasteiger partial charge in [0.25, 0.3) is 0 Å². The van der Waals surface area contributed by atoms with E-state index in [1.165, 1.54) is 0 Å². The molecule has 0 rings (SSSR count). The first kappa shape index (κ1) is 12.9. The van der Waals surface area contributed by atoms with Crippen LogP contribution in [-0.4, -0.2) is 24.2 Å². The van der Waals surface area contributed by atoms with Crippen molar-refractivity contribution in [2.24, 2.45) is 11.3 Å². The Morgan fingerprint density at radius 2 is 2.21 bits per heavy atom. The fourth-order valence-corrected chi connectivity index (χ4v) is 0.861. The van der Waals surface area contributed by atoms with Gasteiger partial charge in [0.1, 0.15) is 5.41 Å². The molecule has 4 heteroatoms. The van der Waals surface area contributed by atoms with Crippen LogP contribution in [0.25, 0.3) is 0 Å². The van der Waals surface area contributed by atoms with Gasteiger partial charge in [0, 0.05) is 13.2 Å². The van der Waals surface area contributed by atoms with Crippen molar-refractivity contribution >= 4 is 5.91 Å². The van der Waals surface area contributed by atoms with Crippen LogP contribution in [0.1, 0.15) is 27.2 Å². The lowest BCUT2D eigenvalue weighted by Gasteiger charge is -2.17. The maximum absolute atomic E-state index is 11.4. The first-order chi connectivity index (χ1) is 6.44. The number of aliphatic hydroxyl groups excluding tert-OH is 1. The molecule has 1 amide bonds. The predicted octanol–water partition coefficient (Wildman–Crippen LogP) is 0.671. The van der Waals surface area contributed by atoms with Gasteiger partial charge in [-0.1, -0.05) is 6.92 Å². The average Bonchev–Trinajstić information content (AvgIpc) is 2.14. The Labute approximate surface area is 84.9 Å². The van der Waals surface area contributed by atoms with Crippen LogP contribution in [0, 0.1) is 22.7 Å². The molecule has 0 aromatic heterocycles. The van der Waals surface area contributed by atoms with Crippen molar-refractivity contribution in [2.75, 3.05) is 13.2 Å². The molecule has 0 heterocycles. The smallest absolute Gasteiger partial charge is 0.239 e. The second-order valence-electron chi connectivity index (χ2n) is 4.06. The maximum Gasteiger partial charge on any atom is 0.239 e. The van der Waals surface area contributed by atoms with E-state index in [2.05, 4.69) is 5.32 Å². The quantitative estimate of drug-likeness (QED) is 0.682. The predicted molar refractivity (Wildman–Crippen MR) is 53.3 cm³/mol. The molecule has 1 unspecified atom stereocenters. The number of hydrogen-bond donors (Lipinski definition) is 2. The zero-order valence-corrected chi connectivity index (χ0v) is 9.00. The first-order valence-electron chi connectivity index (χ1n) is 4.74. The van der Waals surface area contributed by atoms with Gasteiger partial charge in [0.15, 0.2) is 0 Å². The zero-order chi connectivity index (χ0) is 11.2. The van der Waals surface area contributed by atoms with E-state index < -0.39 is 5.41 Å². The number of rotatable bonds is 5. The third-order valence-electron chi connectivity index (χ3n) is 2.08. The highest BCUT2D eigenvalue weighted by Crippen LogP contribution is 2.12. The Bertz CT molecular complexity index is 231. The van der Waals surface area contributed by atoms with Gasteiger partial charge >= 0.3 is 0 Å². The molecule has 0 fully saturated rings. The van der Waals surface area contributed by atoms with Crippen LogP contribution in [0.2, 0.25) is 0 Å². The lowest BCUT2D eigenvalue weighted by Crippen LogP contribution is -2.38. The first-order valence-corrected chi connectivity index (χ1v) is 4.74. The van der Waals surface area contributed by atoms with E-state index >= 15 is 0 Å². The minimum absolute atomic E-state index is 0.124. The number of carbonyl (C=O) groups is 1. The molecule has 14 heavy (non-hydrogen) atoms. The topological polar surface area (TPSA) is 73.1 Å². The average molecular weight is 198 g/mol. The summed E-state index contributed by atoms with van der Waals surface area (Å²) in [5.74, 6) is -0.0248. The van der Waals surface area contributed by atoms with Gasteiger partial charge in [-0.05, 0) is 26.2 Å². The van der Waals surface area contributed by atoms with Crippen LogP contribution in [0.5, 0.6) is 0 Å². The lowest BCUT2D eigenvalue weighted by atomic mass is 9.94. The summed E-state index contributed by atoms with van der Waals surface area (Å²) in [7, 11) is 0. The minimum atomic E-state index is -0.973. The normalized spacial score (nSPS) is 13.1. The van der Waals surface area contributed by atoms with Gasteiger partial charge in [-0.15, -0.1) is 0 Å². The summed E-state index contributed by atoms with van der Waals surface area (Å²) >= 11 is 0. The highest BCUT2D eigenvalue weighted by molar-refractivity contribution is 5.84. The molecule has 0 radical (unpaired) electrons. The van der Waals surface area contributed by atoms with E-state index in [9.17, 15) is 4.79 Å². The van der Waals surface area contributed by atoms with E-state index in [1.807, 2.05) is 13.0 Å². The van der Waals surface area contributed by atoms with E-state index in [1.54, 1.807) is 13.8 Å². The third-order valence-corrected chi connectivity index (χ3v) is 2.08. The SMILES string of the molecule is CC(CCO)CNC(=O)C(C)(C)C#N. The molecule has 0 saturated heterocycles. The summed E-state index contributed by atoms with van der Waals surface area (Å²) < 4.78 is 0. The molecule has 4 nitrogen and oxygen atoms in total. The highest BCUT2D eigenvalue weighted by Gasteiger charge is 2.26. The number of carbonyl (C=O) groups excluding carboxylic acids is 1. The maximum atomic E-state index is 11.4. The van der Waals surface area contributed by atoms with Crippen LogP contribution in [-0.2, 0) is 4.79 Å². The Balaban J connectivity index is 3.92. The second-order valence-corrected chi connectivity index (χ2v) is 4.06. The summed E-state index contributed by atoms with van der Waals surface area (Å²) in [6, 6.07) is 1.94. The Morgan fingerprint density at radius 1 is 1.64 bits per heavy atom. The number of hydrogen-bond acceptors (Lipinski definition) is 3. The van der Waals surface area contributed by atoms with Gasteiger partial charge in [0.2, 0.25) is 5.91 Å². The molecule has 0 saturated carbocycles. The highest BCUT2D eigenvalue weighted by atomic mass is 16.3. The minimum Gasteiger partial charge on any atom is -0.396 e. The second kappa shape index (κ2) is 5.61. The van der Waals surface area contributed by atoms with E-state index in [0.29, 0.717) is 13.0 Å². The number of nitrogens with zero attached hydrogens (tertiary/aromatic N) is 1. The van der Waals surface area contributed by atoms with Crippen molar-refractivity contribution in [3.8, 4) is 6.07 Å². The van der Waals surface area contributed by atoms with Gasteiger partial charge in [0.05, 0.1) is 6.07 Å². The molecular weight excluding hydrogens is 180 g/mol. The number of nitriles is 1. The number of nitrogens with one attached hydrogen (secondary N) is 1. The zero-order valence-electron chi connectivity index (χ0n) is 9.00. The van der Waals surface area contributed by atoms with Crippen molar-refractivity contribution in [3.05, 3.63) is 0 Å². The fourth-order valence-electron chi connectivity index (χ4n) is 0.861. The molecule has 0 bridgehead atoms. The van der Waals surface area contributed by atoms with Crippen molar-refractivity contribution < 1.29 is 9.90 Å². The van der Waals surface area contributed by atoms with Crippen LogP contribution < -0.4 is 5.32 Å². The van der Waals surface area contributed by atoms with Gasteiger partial charge < -0.3 is 10.4 Å². The molecule has 2 N–H and O–H groups in total. The Kier molecular flexibility index (Phi) is 5.18. The molecule has 0 aliphatic heterocycles. The van der Waals surface area contributed by atoms with Crippen molar-refractivity contribution in [3.63, 3.8) is 0 Å². The van der Waals surface area contributed by atoms with Crippen LogP contribution >= 0.6 is 0 Å². The number of amides is 1.